The lowest BCUT2D eigenvalue weighted by Gasteiger charge is -2.06. The van der Waals surface area contributed by atoms with Crippen LogP contribution in [0.5, 0.6) is 0 Å². The lowest BCUT2D eigenvalue weighted by Crippen LogP contribution is -2.07. The van der Waals surface area contributed by atoms with Gasteiger partial charge in [-0.2, -0.15) is 0 Å². The summed E-state index contributed by atoms with van der Waals surface area (Å²) in [6.45, 7) is 0. The van der Waals surface area contributed by atoms with Crippen LogP contribution in [-0.4, -0.2) is 22.8 Å². The SMILES string of the molecule is Bc1cnc(Sc2cccc(-c3ncco3)c2Cl)cn1. The zero-order valence-electron chi connectivity index (χ0n) is 10.6. The Balaban J connectivity index is 1.94. The minimum absolute atomic E-state index is 0.507. The first kappa shape index (κ1) is 13.2. The molecule has 0 saturated carbocycles. The van der Waals surface area contributed by atoms with Gasteiger partial charge in [0.05, 0.1) is 23.0 Å². The molecule has 0 fully saturated rings. The predicted octanol–water partition coefficient (Wildman–Crippen LogP) is 2.19. The van der Waals surface area contributed by atoms with Gasteiger partial charge in [-0.1, -0.05) is 29.4 Å². The number of nitrogens with zero attached hydrogens (tertiary/aromatic N) is 3. The van der Waals surface area contributed by atoms with Crippen LogP contribution in [0.2, 0.25) is 5.02 Å². The van der Waals surface area contributed by atoms with Crippen molar-refractivity contribution in [2.45, 2.75) is 9.92 Å². The fraction of sp³-hybridized carbons (Fsp3) is 0. The van der Waals surface area contributed by atoms with Crippen molar-refractivity contribution in [2.75, 3.05) is 0 Å². The Morgan fingerprint density at radius 2 is 2.05 bits per heavy atom. The third-order valence-electron chi connectivity index (χ3n) is 2.60. The molecule has 0 spiro atoms. The summed E-state index contributed by atoms with van der Waals surface area (Å²) in [7, 11) is 1.90. The van der Waals surface area contributed by atoms with Gasteiger partial charge in [0.15, 0.2) is 7.85 Å². The highest BCUT2D eigenvalue weighted by Crippen LogP contribution is 2.37. The molecule has 2 heterocycles. The van der Waals surface area contributed by atoms with Gasteiger partial charge in [0.1, 0.15) is 11.3 Å². The Morgan fingerprint density at radius 3 is 2.75 bits per heavy atom. The third kappa shape index (κ3) is 2.71. The highest BCUT2D eigenvalue weighted by atomic mass is 35.5. The highest BCUT2D eigenvalue weighted by molar-refractivity contribution is 7.99. The van der Waals surface area contributed by atoms with Crippen molar-refractivity contribution < 1.29 is 4.42 Å². The summed E-state index contributed by atoms with van der Waals surface area (Å²) in [5.41, 5.74) is 1.65. The summed E-state index contributed by atoms with van der Waals surface area (Å²) in [4.78, 5) is 13.5. The molecule has 0 aliphatic carbocycles. The van der Waals surface area contributed by atoms with Crippen molar-refractivity contribution in [1.29, 1.82) is 0 Å². The molecule has 3 aromatic rings. The van der Waals surface area contributed by atoms with Crippen molar-refractivity contribution >= 4 is 36.8 Å². The lowest BCUT2D eigenvalue weighted by atomic mass is 10.1. The molecule has 0 aliphatic heterocycles. The van der Waals surface area contributed by atoms with E-state index >= 15 is 0 Å². The number of hydrogen-bond donors (Lipinski definition) is 0. The molecule has 7 heteroatoms. The molecule has 1 aromatic carbocycles. The van der Waals surface area contributed by atoms with Crippen LogP contribution in [0.15, 0.2) is 57.4 Å². The summed E-state index contributed by atoms with van der Waals surface area (Å²) in [6, 6.07) is 5.72. The summed E-state index contributed by atoms with van der Waals surface area (Å²) in [6.07, 6.45) is 6.58. The van der Waals surface area contributed by atoms with E-state index < -0.39 is 0 Å². The first-order chi connectivity index (χ1) is 9.74. The average Bonchev–Trinajstić information content (AvgIpc) is 2.97. The van der Waals surface area contributed by atoms with Crippen LogP contribution in [0.1, 0.15) is 0 Å². The number of oxazole rings is 1. The van der Waals surface area contributed by atoms with Gasteiger partial charge in [-0.15, -0.1) is 0 Å². The van der Waals surface area contributed by atoms with Crippen molar-refractivity contribution in [3.8, 4) is 11.5 Å². The second kappa shape index (κ2) is 5.69. The van der Waals surface area contributed by atoms with Crippen LogP contribution in [0.3, 0.4) is 0 Å². The van der Waals surface area contributed by atoms with E-state index in [9.17, 15) is 0 Å². The molecule has 0 amide bonds. The molecule has 0 bridgehead atoms. The van der Waals surface area contributed by atoms with E-state index in [1.807, 2.05) is 26.0 Å². The molecule has 3 rings (SSSR count). The average molecular weight is 302 g/mol. The zero-order valence-corrected chi connectivity index (χ0v) is 12.1. The molecule has 4 nitrogen and oxygen atoms in total. The van der Waals surface area contributed by atoms with E-state index in [2.05, 4.69) is 15.0 Å². The Hall–Kier alpha value is -1.79. The van der Waals surface area contributed by atoms with Gasteiger partial charge in [-0.05, 0) is 12.1 Å². The lowest BCUT2D eigenvalue weighted by molar-refractivity contribution is 0.574. The standard InChI is InChI=1S/C13H9BClN3OS/c14-10-6-18-11(7-17-10)20-9-3-1-2-8(12(9)15)13-16-4-5-19-13/h1-7H,14H2. The van der Waals surface area contributed by atoms with Gasteiger partial charge in [-0.3, -0.25) is 4.98 Å². The number of halogens is 1. The van der Waals surface area contributed by atoms with Crippen molar-refractivity contribution in [3.05, 3.63) is 48.1 Å². The summed E-state index contributed by atoms with van der Waals surface area (Å²) in [5, 5.41) is 1.39. The second-order valence-corrected chi connectivity index (χ2v) is 5.49. The Bertz CT molecular complexity index is 719. The largest absolute Gasteiger partial charge is 0.444 e. The van der Waals surface area contributed by atoms with E-state index in [1.54, 1.807) is 18.6 Å². The third-order valence-corrected chi connectivity index (χ3v) is 4.10. The van der Waals surface area contributed by atoms with Crippen LogP contribution in [0.25, 0.3) is 11.5 Å². The quantitative estimate of drug-likeness (QED) is 0.694. The first-order valence-electron chi connectivity index (χ1n) is 5.89. The van der Waals surface area contributed by atoms with Crippen molar-refractivity contribution in [1.82, 2.24) is 15.0 Å². The Morgan fingerprint density at radius 1 is 1.15 bits per heavy atom. The molecule has 0 unspecified atom stereocenters. The van der Waals surface area contributed by atoms with Gasteiger partial charge in [0.2, 0.25) is 5.89 Å². The van der Waals surface area contributed by atoms with E-state index in [-0.39, 0.29) is 0 Å². The molecule has 0 atom stereocenters. The molecular weight excluding hydrogens is 292 g/mol. The van der Waals surface area contributed by atoms with Gasteiger partial charge >= 0.3 is 0 Å². The van der Waals surface area contributed by atoms with Crippen molar-refractivity contribution in [2.24, 2.45) is 0 Å². The molecular formula is C13H9BClN3OS. The maximum atomic E-state index is 6.41. The molecule has 0 aliphatic rings. The molecule has 98 valence electrons. The number of rotatable bonds is 3. The van der Waals surface area contributed by atoms with Crippen LogP contribution in [-0.2, 0) is 0 Å². The smallest absolute Gasteiger partial charge is 0.227 e. The van der Waals surface area contributed by atoms with Gasteiger partial charge in [0, 0.05) is 16.7 Å². The minimum atomic E-state index is 0.507. The maximum absolute atomic E-state index is 6.41. The predicted molar refractivity (Wildman–Crippen MR) is 81.3 cm³/mol. The first-order valence-corrected chi connectivity index (χ1v) is 7.08. The molecule has 2 aromatic heterocycles. The van der Waals surface area contributed by atoms with Gasteiger partial charge < -0.3 is 4.42 Å². The number of hydrogen-bond acceptors (Lipinski definition) is 5. The van der Waals surface area contributed by atoms with E-state index in [1.165, 1.54) is 18.0 Å². The fourth-order valence-electron chi connectivity index (χ4n) is 1.66. The Kier molecular flexibility index (Phi) is 3.76. The van der Waals surface area contributed by atoms with Gasteiger partial charge in [-0.25, -0.2) is 9.97 Å². The van der Waals surface area contributed by atoms with Crippen LogP contribution >= 0.6 is 23.4 Å². The van der Waals surface area contributed by atoms with Crippen molar-refractivity contribution in [3.63, 3.8) is 0 Å². The normalized spacial score (nSPS) is 10.7. The van der Waals surface area contributed by atoms with Crippen LogP contribution in [0, 0.1) is 0 Å². The topological polar surface area (TPSA) is 51.8 Å². The summed E-state index contributed by atoms with van der Waals surface area (Å²) in [5.74, 6) is 0.507. The Labute approximate surface area is 126 Å². The zero-order chi connectivity index (χ0) is 13.9. The minimum Gasteiger partial charge on any atom is -0.444 e. The maximum Gasteiger partial charge on any atom is 0.227 e. The van der Waals surface area contributed by atoms with E-state index in [4.69, 9.17) is 16.0 Å². The second-order valence-electron chi connectivity index (χ2n) is 4.05. The molecule has 0 radical (unpaired) electrons. The van der Waals surface area contributed by atoms with E-state index in [0.717, 1.165) is 21.1 Å². The number of aromatic nitrogens is 3. The molecule has 20 heavy (non-hydrogen) atoms. The molecule has 0 saturated heterocycles. The van der Waals surface area contributed by atoms with E-state index in [0.29, 0.717) is 10.9 Å². The monoisotopic (exact) mass is 301 g/mol. The summed E-state index contributed by atoms with van der Waals surface area (Å²) >= 11 is 7.87. The highest BCUT2D eigenvalue weighted by Gasteiger charge is 2.12. The van der Waals surface area contributed by atoms with Gasteiger partial charge in [0.25, 0.3) is 0 Å². The molecule has 0 N–H and O–H groups in total. The summed E-state index contributed by atoms with van der Waals surface area (Å²) < 4.78 is 5.29. The fourth-order valence-corrected chi connectivity index (χ4v) is 2.76. The van der Waals surface area contributed by atoms with Crippen LogP contribution < -0.4 is 5.59 Å². The van der Waals surface area contributed by atoms with Crippen LogP contribution in [0.4, 0.5) is 0 Å². The number of benzene rings is 1.